The second kappa shape index (κ2) is 5.13. The zero-order valence-electron chi connectivity index (χ0n) is 11.6. The van der Waals surface area contributed by atoms with Crippen molar-refractivity contribution in [3.63, 3.8) is 0 Å². The van der Waals surface area contributed by atoms with Gasteiger partial charge in [0, 0.05) is 6.20 Å². The smallest absolute Gasteiger partial charge is 0.262 e. The van der Waals surface area contributed by atoms with Crippen LogP contribution in [0.2, 0.25) is 0 Å². The molecule has 22 heavy (non-hydrogen) atoms. The number of pyridine rings is 1. The van der Waals surface area contributed by atoms with Gasteiger partial charge in [-0.3, -0.25) is 9.12 Å². The molecule has 0 atom stereocenters. The first-order valence-corrected chi connectivity index (χ1v) is 7.83. The van der Waals surface area contributed by atoms with E-state index in [1.807, 2.05) is 6.07 Å². The van der Waals surface area contributed by atoms with Crippen molar-refractivity contribution in [2.75, 3.05) is 4.72 Å². The molecule has 2 aromatic heterocycles. The first kappa shape index (κ1) is 14.0. The van der Waals surface area contributed by atoms with Crippen molar-refractivity contribution in [3.8, 4) is 6.07 Å². The largest absolute Gasteiger partial charge is 0.285 e. The molecule has 1 N–H and O–H groups in total. The fourth-order valence-corrected chi connectivity index (χ4v) is 3.08. The molecule has 0 aliphatic carbocycles. The molecule has 1 aromatic carbocycles. The molecule has 3 rings (SSSR count). The zero-order chi connectivity index (χ0) is 15.7. The second-order valence-corrected chi connectivity index (χ2v) is 6.29. The first-order chi connectivity index (χ1) is 10.5. The van der Waals surface area contributed by atoms with E-state index in [9.17, 15) is 8.42 Å². The summed E-state index contributed by atoms with van der Waals surface area (Å²) in [5.41, 5.74) is 1.17. The van der Waals surface area contributed by atoms with Gasteiger partial charge in [0.25, 0.3) is 10.0 Å². The molecule has 0 unspecified atom stereocenters. The number of nitrogens with zero attached hydrogens (tertiary/aromatic N) is 4. The van der Waals surface area contributed by atoms with E-state index in [0.717, 1.165) is 0 Å². The lowest BCUT2D eigenvalue weighted by atomic mass is 10.2. The number of nitriles is 1. The van der Waals surface area contributed by atoms with Crippen LogP contribution in [0.4, 0.5) is 5.69 Å². The van der Waals surface area contributed by atoms with Crippen molar-refractivity contribution in [3.05, 3.63) is 54.0 Å². The van der Waals surface area contributed by atoms with Crippen molar-refractivity contribution < 1.29 is 8.42 Å². The topological polar surface area (TPSA) is 100 Å². The SMILES string of the molecule is Cc1nnc2c(NS(=O)(=O)c3ccc(C#N)cc3)cccn12. The summed E-state index contributed by atoms with van der Waals surface area (Å²) in [5.74, 6) is 0.662. The summed E-state index contributed by atoms with van der Waals surface area (Å²) >= 11 is 0. The summed E-state index contributed by atoms with van der Waals surface area (Å²) in [5, 5.41) is 16.6. The van der Waals surface area contributed by atoms with Crippen LogP contribution >= 0.6 is 0 Å². The van der Waals surface area contributed by atoms with Gasteiger partial charge in [-0.05, 0) is 43.3 Å². The number of hydrogen-bond donors (Lipinski definition) is 1. The first-order valence-electron chi connectivity index (χ1n) is 6.34. The molecule has 2 heterocycles. The minimum atomic E-state index is -3.76. The fraction of sp³-hybridized carbons (Fsp3) is 0.0714. The van der Waals surface area contributed by atoms with Crippen molar-refractivity contribution in [2.45, 2.75) is 11.8 Å². The van der Waals surface area contributed by atoms with Gasteiger partial charge in [0.2, 0.25) is 0 Å². The number of fused-ring (bicyclic) bond motifs is 1. The van der Waals surface area contributed by atoms with Crippen LogP contribution in [0.5, 0.6) is 0 Å². The molecule has 0 aliphatic heterocycles. The lowest BCUT2D eigenvalue weighted by Gasteiger charge is -2.08. The van der Waals surface area contributed by atoms with Crippen LogP contribution in [0, 0.1) is 18.3 Å². The van der Waals surface area contributed by atoms with E-state index in [0.29, 0.717) is 22.7 Å². The highest BCUT2D eigenvalue weighted by Crippen LogP contribution is 2.20. The van der Waals surface area contributed by atoms with Crippen LogP contribution < -0.4 is 4.72 Å². The standard InChI is InChI=1S/C14H11N5O2S/c1-10-16-17-14-13(3-2-8-19(10)14)18-22(20,21)12-6-4-11(9-15)5-7-12/h2-8,18H,1H3. The number of nitrogens with one attached hydrogen (secondary N) is 1. The van der Waals surface area contributed by atoms with E-state index in [2.05, 4.69) is 14.9 Å². The molecule has 8 heteroatoms. The van der Waals surface area contributed by atoms with Crippen LogP contribution in [0.1, 0.15) is 11.4 Å². The normalized spacial score (nSPS) is 11.3. The fourth-order valence-electron chi connectivity index (χ4n) is 2.02. The Morgan fingerprint density at radius 2 is 1.91 bits per heavy atom. The van der Waals surface area contributed by atoms with Crippen LogP contribution in [-0.2, 0) is 10.0 Å². The Balaban J connectivity index is 2.01. The van der Waals surface area contributed by atoms with Crippen LogP contribution in [0.15, 0.2) is 47.5 Å². The van der Waals surface area contributed by atoms with Gasteiger partial charge in [-0.15, -0.1) is 10.2 Å². The highest BCUT2D eigenvalue weighted by molar-refractivity contribution is 7.92. The summed E-state index contributed by atoms with van der Waals surface area (Å²) in [4.78, 5) is 0.0738. The lowest BCUT2D eigenvalue weighted by molar-refractivity contribution is 0.601. The van der Waals surface area contributed by atoms with Gasteiger partial charge in [0.15, 0.2) is 5.65 Å². The van der Waals surface area contributed by atoms with E-state index in [4.69, 9.17) is 5.26 Å². The minimum Gasteiger partial charge on any atom is -0.285 e. The summed E-state index contributed by atoms with van der Waals surface area (Å²) < 4.78 is 29.0. The number of aryl methyl sites for hydroxylation is 1. The lowest BCUT2D eigenvalue weighted by Crippen LogP contribution is -2.13. The van der Waals surface area contributed by atoms with E-state index >= 15 is 0 Å². The number of benzene rings is 1. The van der Waals surface area contributed by atoms with Gasteiger partial charge in [0.05, 0.1) is 22.2 Å². The van der Waals surface area contributed by atoms with Gasteiger partial charge < -0.3 is 0 Å². The maximum absolute atomic E-state index is 12.4. The van der Waals surface area contributed by atoms with Crippen LogP contribution in [0.25, 0.3) is 5.65 Å². The Hall–Kier alpha value is -2.92. The highest BCUT2D eigenvalue weighted by Gasteiger charge is 2.17. The van der Waals surface area contributed by atoms with Crippen LogP contribution in [0.3, 0.4) is 0 Å². The van der Waals surface area contributed by atoms with Crippen molar-refractivity contribution in [1.29, 1.82) is 5.26 Å². The Kier molecular flexibility index (Phi) is 3.27. The molecular weight excluding hydrogens is 302 g/mol. The Labute approximate surface area is 126 Å². The molecule has 0 spiro atoms. The molecule has 0 radical (unpaired) electrons. The maximum Gasteiger partial charge on any atom is 0.262 e. The molecule has 0 saturated carbocycles. The minimum absolute atomic E-state index is 0.0738. The summed E-state index contributed by atoms with van der Waals surface area (Å²) in [7, 11) is -3.76. The van der Waals surface area contributed by atoms with Gasteiger partial charge in [-0.1, -0.05) is 0 Å². The Morgan fingerprint density at radius 3 is 2.59 bits per heavy atom. The van der Waals surface area contributed by atoms with Crippen LogP contribution in [-0.4, -0.2) is 23.0 Å². The molecule has 0 fully saturated rings. The monoisotopic (exact) mass is 313 g/mol. The maximum atomic E-state index is 12.4. The summed E-state index contributed by atoms with van der Waals surface area (Å²) in [6, 6.07) is 10.9. The van der Waals surface area contributed by atoms with Crippen molar-refractivity contribution in [1.82, 2.24) is 14.6 Å². The molecule has 0 aliphatic rings. The third-order valence-corrected chi connectivity index (χ3v) is 4.52. The van der Waals surface area contributed by atoms with Gasteiger partial charge in [-0.25, -0.2) is 8.42 Å². The van der Waals surface area contributed by atoms with Gasteiger partial charge >= 0.3 is 0 Å². The predicted octanol–water partition coefficient (Wildman–Crippen LogP) is 1.71. The third-order valence-electron chi connectivity index (χ3n) is 3.14. The predicted molar refractivity (Wildman–Crippen MR) is 79.7 cm³/mol. The molecule has 0 amide bonds. The molecular formula is C14H11N5O2S. The number of rotatable bonds is 3. The van der Waals surface area contributed by atoms with E-state index in [1.165, 1.54) is 24.3 Å². The molecule has 110 valence electrons. The molecule has 7 nitrogen and oxygen atoms in total. The number of anilines is 1. The van der Waals surface area contributed by atoms with Crippen molar-refractivity contribution >= 4 is 21.4 Å². The van der Waals surface area contributed by atoms with E-state index < -0.39 is 10.0 Å². The second-order valence-electron chi connectivity index (χ2n) is 4.60. The van der Waals surface area contributed by atoms with E-state index in [1.54, 1.807) is 29.7 Å². The average Bonchev–Trinajstić information content (AvgIpc) is 2.90. The third kappa shape index (κ3) is 2.38. The van der Waals surface area contributed by atoms with E-state index in [-0.39, 0.29) is 4.90 Å². The van der Waals surface area contributed by atoms with Gasteiger partial charge in [-0.2, -0.15) is 5.26 Å². The van der Waals surface area contributed by atoms with Crippen molar-refractivity contribution in [2.24, 2.45) is 0 Å². The quantitative estimate of drug-likeness (QED) is 0.793. The summed E-state index contributed by atoms with van der Waals surface area (Å²) in [6.45, 7) is 1.78. The molecule has 3 aromatic rings. The Bertz CT molecular complexity index is 984. The number of aromatic nitrogens is 3. The number of sulfonamides is 1. The van der Waals surface area contributed by atoms with Gasteiger partial charge in [0.1, 0.15) is 5.82 Å². The average molecular weight is 313 g/mol. The highest BCUT2D eigenvalue weighted by atomic mass is 32.2. The molecule has 0 saturated heterocycles. The number of hydrogen-bond acceptors (Lipinski definition) is 5. The Morgan fingerprint density at radius 1 is 1.18 bits per heavy atom. The molecule has 0 bridgehead atoms. The zero-order valence-corrected chi connectivity index (χ0v) is 12.4. The summed E-state index contributed by atoms with van der Waals surface area (Å²) in [6.07, 6.45) is 1.75.